The lowest BCUT2D eigenvalue weighted by atomic mass is 10.1. The van der Waals surface area contributed by atoms with Crippen LogP contribution in [0.15, 0.2) is 36.7 Å². The summed E-state index contributed by atoms with van der Waals surface area (Å²) >= 11 is 0. The Morgan fingerprint density at radius 2 is 1.88 bits per heavy atom. The van der Waals surface area contributed by atoms with E-state index in [2.05, 4.69) is 25.5 Å². The maximum atomic E-state index is 13.4. The number of anilines is 2. The summed E-state index contributed by atoms with van der Waals surface area (Å²) in [7, 11) is 1.83. The molecule has 9 nitrogen and oxygen atoms in total. The van der Waals surface area contributed by atoms with E-state index < -0.39 is 5.97 Å². The molecular formula is C22H22FN7O2. The largest absolute Gasteiger partial charge is 0.478 e. The summed E-state index contributed by atoms with van der Waals surface area (Å²) in [5.74, 6) is 0.212. The molecule has 0 saturated carbocycles. The highest BCUT2D eigenvalue weighted by Gasteiger charge is 2.20. The third-order valence-electron chi connectivity index (χ3n) is 5.24. The average Bonchev–Trinajstić information content (AvgIpc) is 3.23. The van der Waals surface area contributed by atoms with Crippen LogP contribution in [-0.2, 0) is 13.5 Å². The zero-order valence-electron chi connectivity index (χ0n) is 18.1. The fourth-order valence-corrected chi connectivity index (χ4v) is 3.80. The van der Waals surface area contributed by atoms with E-state index in [1.807, 2.05) is 14.0 Å². The number of carboxylic acid groups (broad SMARTS) is 1. The first-order chi connectivity index (χ1) is 15.3. The van der Waals surface area contributed by atoms with Gasteiger partial charge in [0.1, 0.15) is 23.5 Å². The van der Waals surface area contributed by atoms with Crippen molar-refractivity contribution in [3.8, 4) is 17.1 Å². The van der Waals surface area contributed by atoms with E-state index >= 15 is 0 Å². The minimum atomic E-state index is -1.03. The van der Waals surface area contributed by atoms with Crippen molar-refractivity contribution < 1.29 is 14.3 Å². The van der Waals surface area contributed by atoms with Gasteiger partial charge in [0.25, 0.3) is 0 Å². The van der Waals surface area contributed by atoms with E-state index in [0.29, 0.717) is 35.3 Å². The Kier molecular flexibility index (Phi) is 5.43. The van der Waals surface area contributed by atoms with E-state index in [-0.39, 0.29) is 11.4 Å². The molecule has 32 heavy (non-hydrogen) atoms. The number of aromatic nitrogens is 6. The van der Waals surface area contributed by atoms with Gasteiger partial charge >= 0.3 is 5.97 Å². The fraction of sp³-hybridized carbons (Fsp3) is 0.227. The van der Waals surface area contributed by atoms with Crippen LogP contribution in [0.25, 0.3) is 17.1 Å². The van der Waals surface area contributed by atoms with Gasteiger partial charge in [0.2, 0.25) is 0 Å². The van der Waals surface area contributed by atoms with Crippen LogP contribution in [0.5, 0.6) is 0 Å². The van der Waals surface area contributed by atoms with Crippen LogP contribution in [-0.4, -0.2) is 40.6 Å². The monoisotopic (exact) mass is 435 g/mol. The lowest BCUT2D eigenvalue weighted by Gasteiger charge is -2.08. The molecule has 0 atom stereocenters. The van der Waals surface area contributed by atoms with Gasteiger partial charge in [-0.05, 0) is 44.5 Å². The molecule has 0 aliphatic carbocycles. The van der Waals surface area contributed by atoms with E-state index in [0.717, 1.165) is 16.8 Å². The van der Waals surface area contributed by atoms with E-state index in [9.17, 15) is 14.3 Å². The summed E-state index contributed by atoms with van der Waals surface area (Å²) in [5, 5.41) is 21.6. The summed E-state index contributed by atoms with van der Waals surface area (Å²) < 4.78 is 16.6. The van der Waals surface area contributed by atoms with Gasteiger partial charge in [-0.25, -0.2) is 23.8 Å². The third-order valence-corrected chi connectivity index (χ3v) is 5.24. The van der Waals surface area contributed by atoms with Gasteiger partial charge < -0.3 is 10.4 Å². The highest BCUT2D eigenvalue weighted by molar-refractivity contribution is 5.90. The molecule has 0 aliphatic rings. The number of aromatic carboxylic acids is 1. The SMILES string of the molecule is CCc1c(Nc2cc(-n3nc(C)c(C(=O)O)c3C)ncn2)nn(C)c1-c1ccc(F)cc1. The molecule has 164 valence electrons. The number of carbonyl (C=O) groups is 1. The Hall–Kier alpha value is -4.08. The fourth-order valence-electron chi connectivity index (χ4n) is 3.80. The van der Waals surface area contributed by atoms with Gasteiger partial charge in [-0.1, -0.05) is 6.92 Å². The number of nitrogens with zero attached hydrogens (tertiary/aromatic N) is 6. The van der Waals surface area contributed by atoms with Gasteiger partial charge in [0.05, 0.1) is 17.1 Å². The summed E-state index contributed by atoms with van der Waals surface area (Å²) in [6.45, 7) is 5.34. The number of rotatable bonds is 6. The normalized spacial score (nSPS) is 11.0. The minimum absolute atomic E-state index is 0.153. The predicted octanol–water partition coefficient (Wildman–Crippen LogP) is 3.82. The molecule has 3 aromatic heterocycles. The number of carboxylic acids is 1. The van der Waals surface area contributed by atoms with Crippen molar-refractivity contribution in [2.24, 2.45) is 7.05 Å². The van der Waals surface area contributed by atoms with Crippen molar-refractivity contribution >= 4 is 17.6 Å². The van der Waals surface area contributed by atoms with Gasteiger partial charge in [-0.3, -0.25) is 4.68 Å². The average molecular weight is 435 g/mol. The molecule has 10 heteroatoms. The van der Waals surface area contributed by atoms with Crippen molar-refractivity contribution in [1.29, 1.82) is 0 Å². The Morgan fingerprint density at radius 1 is 1.16 bits per heavy atom. The van der Waals surface area contributed by atoms with Gasteiger partial charge in [0, 0.05) is 24.2 Å². The zero-order valence-corrected chi connectivity index (χ0v) is 18.1. The standard InChI is InChI=1S/C22H22FN7O2/c1-5-16-20(14-6-8-15(23)9-7-14)29(4)28-21(16)26-17-10-18(25-11-24-17)30-13(3)19(22(31)32)12(2)27-30/h6-11H,5H2,1-4H3,(H,31,32)(H,24,25,26,28). The number of nitrogens with one attached hydrogen (secondary N) is 1. The van der Waals surface area contributed by atoms with Gasteiger partial charge in [0.15, 0.2) is 11.6 Å². The molecular weight excluding hydrogens is 413 g/mol. The first-order valence-corrected chi connectivity index (χ1v) is 10.0. The lowest BCUT2D eigenvalue weighted by molar-refractivity contribution is 0.0695. The Bertz CT molecular complexity index is 1310. The number of hydrogen-bond donors (Lipinski definition) is 2. The number of aryl methyl sites for hydroxylation is 2. The molecule has 0 saturated heterocycles. The van der Waals surface area contributed by atoms with Crippen molar-refractivity contribution in [3.63, 3.8) is 0 Å². The van der Waals surface area contributed by atoms with Crippen molar-refractivity contribution in [3.05, 3.63) is 65.0 Å². The molecule has 0 bridgehead atoms. The Labute approximate surface area is 183 Å². The number of halogens is 1. The second-order valence-corrected chi connectivity index (χ2v) is 7.31. The minimum Gasteiger partial charge on any atom is -0.478 e. The molecule has 4 aromatic rings. The van der Waals surface area contributed by atoms with Crippen LogP contribution >= 0.6 is 0 Å². The lowest BCUT2D eigenvalue weighted by Crippen LogP contribution is -2.06. The van der Waals surface area contributed by atoms with Crippen LogP contribution in [0, 0.1) is 19.7 Å². The molecule has 0 aliphatic heterocycles. The molecule has 0 fully saturated rings. The highest BCUT2D eigenvalue weighted by Crippen LogP contribution is 2.31. The molecule has 2 N–H and O–H groups in total. The summed E-state index contributed by atoms with van der Waals surface area (Å²) in [4.78, 5) is 20.0. The smallest absolute Gasteiger partial charge is 0.339 e. The van der Waals surface area contributed by atoms with Gasteiger partial charge in [-0.2, -0.15) is 10.2 Å². The predicted molar refractivity (Wildman–Crippen MR) is 117 cm³/mol. The van der Waals surface area contributed by atoms with Crippen LogP contribution < -0.4 is 5.32 Å². The number of benzene rings is 1. The molecule has 0 unspecified atom stereocenters. The molecule has 4 rings (SSSR count). The quantitative estimate of drug-likeness (QED) is 0.474. The van der Waals surface area contributed by atoms with Crippen LogP contribution in [0.2, 0.25) is 0 Å². The number of hydrogen-bond acceptors (Lipinski definition) is 6. The van der Waals surface area contributed by atoms with E-state index in [1.165, 1.54) is 23.1 Å². The van der Waals surface area contributed by atoms with Crippen molar-refractivity contribution in [2.45, 2.75) is 27.2 Å². The molecule has 1 aromatic carbocycles. The second-order valence-electron chi connectivity index (χ2n) is 7.31. The summed E-state index contributed by atoms with van der Waals surface area (Å²) in [5.41, 5.74) is 3.74. The first-order valence-electron chi connectivity index (χ1n) is 10.0. The Morgan fingerprint density at radius 3 is 2.50 bits per heavy atom. The molecule has 0 amide bonds. The van der Waals surface area contributed by atoms with Crippen LogP contribution in [0.1, 0.15) is 34.2 Å². The summed E-state index contributed by atoms with van der Waals surface area (Å²) in [6.07, 6.45) is 2.07. The van der Waals surface area contributed by atoms with Gasteiger partial charge in [-0.15, -0.1) is 0 Å². The summed E-state index contributed by atoms with van der Waals surface area (Å²) in [6, 6.07) is 7.97. The van der Waals surface area contributed by atoms with Crippen molar-refractivity contribution in [2.75, 3.05) is 5.32 Å². The van der Waals surface area contributed by atoms with Crippen LogP contribution in [0.4, 0.5) is 16.0 Å². The van der Waals surface area contributed by atoms with E-state index in [4.69, 9.17) is 0 Å². The van der Waals surface area contributed by atoms with Crippen molar-refractivity contribution in [1.82, 2.24) is 29.5 Å². The Balaban J connectivity index is 1.71. The molecule has 3 heterocycles. The first kappa shape index (κ1) is 21.2. The second kappa shape index (κ2) is 8.22. The molecule has 0 radical (unpaired) electrons. The van der Waals surface area contributed by atoms with E-state index in [1.54, 1.807) is 36.7 Å². The van der Waals surface area contributed by atoms with Crippen LogP contribution in [0.3, 0.4) is 0 Å². The molecule has 0 spiro atoms. The topological polar surface area (TPSA) is 111 Å². The third kappa shape index (κ3) is 3.70. The maximum absolute atomic E-state index is 13.4. The highest BCUT2D eigenvalue weighted by atomic mass is 19.1. The maximum Gasteiger partial charge on any atom is 0.339 e. The zero-order chi connectivity index (χ0) is 23.0.